The Labute approximate surface area is 113 Å². The lowest BCUT2D eigenvalue weighted by Crippen LogP contribution is -2.13. The molecule has 0 atom stereocenters. The molecule has 0 saturated heterocycles. The summed E-state index contributed by atoms with van der Waals surface area (Å²) in [5.41, 5.74) is 5.55. The molecule has 0 aliphatic carbocycles. The second-order valence-corrected chi connectivity index (χ2v) is 4.24. The minimum Gasteiger partial charge on any atom is -0.461 e. The van der Waals surface area contributed by atoms with E-state index in [0.717, 1.165) is 19.4 Å². The third-order valence-corrected chi connectivity index (χ3v) is 2.05. The minimum absolute atomic E-state index is 0.0352. The van der Waals surface area contributed by atoms with Crippen LogP contribution in [-0.4, -0.2) is 40.9 Å². The normalized spacial score (nSPS) is 10.7. The van der Waals surface area contributed by atoms with Crippen molar-refractivity contribution in [2.24, 2.45) is 0 Å². The smallest absolute Gasteiger partial charge is 0.324 e. The average molecular weight is 270 g/mol. The fraction of sp³-hybridized carbons (Fsp3) is 0.750. The standard InChI is InChI=1S/C12H22N4O3/c1-4-5-6-17-7-8-18-11-14-10(13)15-12(16-11)19-9(2)3/h9H,4-8H2,1-3H3,(H2,13,14,15,16). The Hall–Kier alpha value is -1.63. The summed E-state index contributed by atoms with van der Waals surface area (Å²) in [6.45, 7) is 7.47. The van der Waals surface area contributed by atoms with Crippen molar-refractivity contribution in [2.75, 3.05) is 25.6 Å². The molecule has 0 saturated carbocycles. The fourth-order valence-electron chi connectivity index (χ4n) is 1.22. The van der Waals surface area contributed by atoms with Crippen LogP contribution in [0, 0.1) is 0 Å². The monoisotopic (exact) mass is 270 g/mol. The zero-order chi connectivity index (χ0) is 14.1. The van der Waals surface area contributed by atoms with Gasteiger partial charge in [-0.2, -0.15) is 9.97 Å². The molecule has 0 amide bonds. The Morgan fingerprint density at radius 2 is 1.79 bits per heavy atom. The highest BCUT2D eigenvalue weighted by molar-refractivity contribution is 5.20. The van der Waals surface area contributed by atoms with Gasteiger partial charge in [0.15, 0.2) is 0 Å². The number of rotatable bonds is 9. The van der Waals surface area contributed by atoms with Crippen molar-refractivity contribution in [3.63, 3.8) is 0 Å². The van der Waals surface area contributed by atoms with Gasteiger partial charge in [0.1, 0.15) is 6.61 Å². The Morgan fingerprint density at radius 3 is 2.47 bits per heavy atom. The summed E-state index contributed by atoms with van der Waals surface area (Å²) in [5.74, 6) is 0.0764. The molecule has 0 radical (unpaired) electrons. The molecule has 0 fully saturated rings. The maximum Gasteiger partial charge on any atom is 0.324 e. The van der Waals surface area contributed by atoms with Crippen LogP contribution in [0.5, 0.6) is 12.0 Å². The average Bonchev–Trinajstić information content (AvgIpc) is 2.32. The Bertz CT molecular complexity index is 374. The molecule has 1 rings (SSSR count). The molecular formula is C12H22N4O3. The predicted molar refractivity (Wildman–Crippen MR) is 71.2 cm³/mol. The van der Waals surface area contributed by atoms with E-state index in [0.29, 0.717) is 13.2 Å². The minimum atomic E-state index is -0.0352. The number of hydrogen-bond acceptors (Lipinski definition) is 7. The zero-order valence-electron chi connectivity index (χ0n) is 11.8. The summed E-state index contributed by atoms with van der Waals surface area (Å²) in [4.78, 5) is 11.7. The van der Waals surface area contributed by atoms with E-state index >= 15 is 0 Å². The van der Waals surface area contributed by atoms with Crippen molar-refractivity contribution < 1.29 is 14.2 Å². The van der Waals surface area contributed by atoms with Crippen molar-refractivity contribution in [3.8, 4) is 12.0 Å². The summed E-state index contributed by atoms with van der Waals surface area (Å²) in [7, 11) is 0. The summed E-state index contributed by atoms with van der Waals surface area (Å²) in [6.07, 6.45) is 2.12. The lowest BCUT2D eigenvalue weighted by atomic mass is 10.4. The molecule has 7 heteroatoms. The van der Waals surface area contributed by atoms with E-state index in [2.05, 4.69) is 21.9 Å². The largest absolute Gasteiger partial charge is 0.461 e. The highest BCUT2D eigenvalue weighted by Gasteiger charge is 2.08. The van der Waals surface area contributed by atoms with E-state index in [-0.39, 0.29) is 24.1 Å². The second kappa shape index (κ2) is 8.47. The first-order valence-electron chi connectivity index (χ1n) is 6.50. The van der Waals surface area contributed by atoms with Gasteiger partial charge >= 0.3 is 12.0 Å². The number of unbranched alkanes of at least 4 members (excludes halogenated alkanes) is 1. The van der Waals surface area contributed by atoms with Crippen molar-refractivity contribution in [3.05, 3.63) is 0 Å². The predicted octanol–water partition coefficient (Wildman–Crippen LogP) is 1.44. The van der Waals surface area contributed by atoms with E-state index in [1.165, 1.54) is 0 Å². The molecule has 0 bridgehead atoms. The molecule has 7 nitrogen and oxygen atoms in total. The van der Waals surface area contributed by atoms with E-state index in [9.17, 15) is 0 Å². The molecule has 1 aromatic heterocycles. The molecule has 1 heterocycles. The number of nitrogens with two attached hydrogens (primary N) is 1. The van der Waals surface area contributed by atoms with Gasteiger partial charge in [-0.05, 0) is 20.3 Å². The van der Waals surface area contributed by atoms with Gasteiger partial charge in [0, 0.05) is 6.61 Å². The van der Waals surface area contributed by atoms with Crippen LogP contribution in [0.1, 0.15) is 33.6 Å². The summed E-state index contributed by atoms with van der Waals surface area (Å²) in [5, 5.41) is 0. The van der Waals surface area contributed by atoms with Crippen LogP contribution in [0.25, 0.3) is 0 Å². The lowest BCUT2D eigenvalue weighted by Gasteiger charge is -2.09. The molecule has 0 unspecified atom stereocenters. The SMILES string of the molecule is CCCCOCCOc1nc(N)nc(OC(C)C)n1. The molecule has 19 heavy (non-hydrogen) atoms. The molecule has 2 N–H and O–H groups in total. The van der Waals surface area contributed by atoms with E-state index in [1.54, 1.807) is 0 Å². The Morgan fingerprint density at radius 1 is 1.05 bits per heavy atom. The second-order valence-electron chi connectivity index (χ2n) is 4.24. The van der Waals surface area contributed by atoms with Crippen molar-refractivity contribution in [1.82, 2.24) is 15.0 Å². The van der Waals surface area contributed by atoms with Gasteiger partial charge in [-0.25, -0.2) is 0 Å². The number of aromatic nitrogens is 3. The summed E-state index contributed by atoms with van der Waals surface area (Å²) >= 11 is 0. The van der Waals surface area contributed by atoms with Gasteiger partial charge in [-0.3, -0.25) is 0 Å². The third kappa shape index (κ3) is 6.76. The molecule has 0 spiro atoms. The topological polar surface area (TPSA) is 92.4 Å². The molecular weight excluding hydrogens is 248 g/mol. The van der Waals surface area contributed by atoms with E-state index in [4.69, 9.17) is 19.9 Å². The number of ether oxygens (including phenoxy) is 3. The van der Waals surface area contributed by atoms with Gasteiger partial charge < -0.3 is 19.9 Å². The van der Waals surface area contributed by atoms with E-state index < -0.39 is 0 Å². The molecule has 0 aliphatic heterocycles. The quantitative estimate of drug-likeness (QED) is 0.678. The highest BCUT2D eigenvalue weighted by Crippen LogP contribution is 2.11. The number of nitrogen functional groups attached to an aromatic ring is 1. The molecule has 1 aromatic rings. The lowest BCUT2D eigenvalue weighted by molar-refractivity contribution is 0.0940. The Balaban J connectivity index is 2.38. The van der Waals surface area contributed by atoms with Crippen LogP contribution in [-0.2, 0) is 4.74 Å². The van der Waals surface area contributed by atoms with Gasteiger partial charge in [0.2, 0.25) is 5.95 Å². The first-order chi connectivity index (χ1) is 9.11. The van der Waals surface area contributed by atoms with Crippen LogP contribution in [0.4, 0.5) is 5.95 Å². The zero-order valence-corrected chi connectivity index (χ0v) is 11.8. The van der Waals surface area contributed by atoms with Crippen LogP contribution >= 0.6 is 0 Å². The highest BCUT2D eigenvalue weighted by atomic mass is 16.5. The van der Waals surface area contributed by atoms with Gasteiger partial charge in [0.05, 0.1) is 12.7 Å². The van der Waals surface area contributed by atoms with E-state index in [1.807, 2.05) is 13.8 Å². The molecule has 0 aromatic carbocycles. The van der Waals surface area contributed by atoms with Crippen molar-refractivity contribution in [1.29, 1.82) is 0 Å². The molecule has 0 aliphatic rings. The first-order valence-corrected chi connectivity index (χ1v) is 6.50. The van der Waals surface area contributed by atoms with Crippen molar-refractivity contribution >= 4 is 5.95 Å². The van der Waals surface area contributed by atoms with Gasteiger partial charge in [-0.15, -0.1) is 4.98 Å². The van der Waals surface area contributed by atoms with Crippen LogP contribution < -0.4 is 15.2 Å². The summed E-state index contributed by atoms with van der Waals surface area (Å²) in [6, 6.07) is 0.326. The van der Waals surface area contributed by atoms with Crippen LogP contribution in [0.3, 0.4) is 0 Å². The third-order valence-electron chi connectivity index (χ3n) is 2.05. The van der Waals surface area contributed by atoms with Gasteiger partial charge in [-0.1, -0.05) is 13.3 Å². The maximum absolute atomic E-state index is 5.55. The van der Waals surface area contributed by atoms with Crippen LogP contribution in [0.2, 0.25) is 0 Å². The first kappa shape index (κ1) is 15.4. The Kier molecular flexibility index (Phi) is 6.88. The van der Waals surface area contributed by atoms with Crippen LogP contribution in [0.15, 0.2) is 0 Å². The van der Waals surface area contributed by atoms with Gasteiger partial charge in [0.25, 0.3) is 0 Å². The molecule has 108 valence electrons. The number of anilines is 1. The number of hydrogen-bond donors (Lipinski definition) is 1. The summed E-state index contributed by atoms with van der Waals surface area (Å²) < 4.78 is 16.0. The maximum atomic E-state index is 5.55. The number of nitrogens with zero attached hydrogens (tertiary/aromatic N) is 3. The van der Waals surface area contributed by atoms with Crippen molar-refractivity contribution in [2.45, 2.75) is 39.7 Å². The fourth-order valence-corrected chi connectivity index (χ4v) is 1.22.